The van der Waals surface area contributed by atoms with Crippen LogP contribution in [0.3, 0.4) is 0 Å². The Hall–Kier alpha value is -2.94. The maximum Gasteiger partial charge on any atom is 0.415 e. The Morgan fingerprint density at radius 1 is 1.32 bits per heavy atom. The standard InChI is InChI=1S/C22H28BN5O3/c1-3-28-20-19(13-31-22(28)30)10-24-21(26-20)25-15(2)18-8-6-16(7-9-18)4-5-17-11-27(12-17)23-14-29/h6-10,14-15,17,23H,3-5,11-13H2,1-2H3,(H,24,25,26)/t15-/m0/s1. The number of amides is 1. The van der Waals surface area contributed by atoms with E-state index in [9.17, 15) is 9.59 Å². The molecule has 0 spiro atoms. The number of nitrogens with one attached hydrogen (secondary N) is 1. The van der Waals surface area contributed by atoms with Gasteiger partial charge >= 0.3 is 6.09 Å². The van der Waals surface area contributed by atoms with E-state index < -0.39 is 0 Å². The van der Waals surface area contributed by atoms with Crippen LogP contribution in [0.1, 0.15) is 43.0 Å². The first-order valence-electron chi connectivity index (χ1n) is 10.9. The molecule has 2 aliphatic rings. The van der Waals surface area contributed by atoms with E-state index in [-0.39, 0.29) is 18.7 Å². The maximum absolute atomic E-state index is 11.9. The quantitative estimate of drug-likeness (QED) is 0.492. The lowest BCUT2D eigenvalue weighted by atomic mass is 9.82. The molecular weight excluding hydrogens is 393 g/mol. The third kappa shape index (κ3) is 4.87. The molecule has 4 rings (SSSR count). The summed E-state index contributed by atoms with van der Waals surface area (Å²) in [5.74, 6) is 1.80. The predicted molar refractivity (Wildman–Crippen MR) is 121 cm³/mol. The molecule has 1 aromatic heterocycles. The van der Waals surface area contributed by atoms with E-state index in [1.807, 2.05) is 6.92 Å². The summed E-state index contributed by atoms with van der Waals surface area (Å²) in [7, 11) is 0.560. The van der Waals surface area contributed by atoms with Gasteiger partial charge in [0.15, 0.2) is 0 Å². The molecule has 8 nitrogen and oxygen atoms in total. The van der Waals surface area contributed by atoms with Gasteiger partial charge in [-0.2, -0.15) is 4.98 Å². The number of cyclic esters (lactones) is 1. The Morgan fingerprint density at radius 2 is 2.10 bits per heavy atom. The van der Waals surface area contributed by atoms with Crippen LogP contribution in [0.15, 0.2) is 30.5 Å². The van der Waals surface area contributed by atoms with E-state index in [2.05, 4.69) is 51.3 Å². The monoisotopic (exact) mass is 421 g/mol. The molecule has 3 heterocycles. The molecule has 0 unspecified atom stereocenters. The fourth-order valence-corrected chi connectivity index (χ4v) is 4.12. The van der Waals surface area contributed by atoms with Crippen LogP contribution in [0.4, 0.5) is 16.6 Å². The molecule has 0 saturated carbocycles. The SMILES string of the molecule is CCN1C(=O)OCc2cnc(N[C@@H](C)c3ccc(CCC4CN(BC=O)C4)cc3)nc21. The molecule has 1 N–H and O–H groups in total. The molecule has 0 radical (unpaired) electrons. The van der Waals surface area contributed by atoms with Crippen molar-refractivity contribution in [1.82, 2.24) is 14.8 Å². The largest absolute Gasteiger partial charge is 0.444 e. The van der Waals surface area contributed by atoms with Gasteiger partial charge in [-0.05, 0) is 56.8 Å². The second kappa shape index (κ2) is 9.47. The van der Waals surface area contributed by atoms with Crippen LogP contribution in [0.2, 0.25) is 0 Å². The van der Waals surface area contributed by atoms with Crippen molar-refractivity contribution in [2.45, 2.75) is 39.3 Å². The molecule has 0 aliphatic carbocycles. The number of ether oxygens (including phenoxy) is 1. The van der Waals surface area contributed by atoms with Crippen molar-refractivity contribution in [2.75, 3.05) is 29.9 Å². The van der Waals surface area contributed by atoms with Gasteiger partial charge < -0.3 is 19.7 Å². The van der Waals surface area contributed by atoms with Crippen LogP contribution in [0.5, 0.6) is 0 Å². The van der Waals surface area contributed by atoms with E-state index >= 15 is 0 Å². The molecule has 2 aromatic rings. The minimum Gasteiger partial charge on any atom is -0.444 e. The normalized spacial score (nSPS) is 17.4. The fraction of sp³-hybridized carbons (Fsp3) is 0.455. The number of rotatable bonds is 9. The van der Waals surface area contributed by atoms with E-state index in [1.54, 1.807) is 6.20 Å². The molecule has 9 heteroatoms. The smallest absolute Gasteiger partial charge is 0.415 e. The van der Waals surface area contributed by atoms with Crippen LogP contribution in [0, 0.1) is 5.92 Å². The van der Waals surface area contributed by atoms with E-state index in [0.29, 0.717) is 31.6 Å². The predicted octanol–water partition coefficient (Wildman–Crippen LogP) is 2.53. The Bertz CT molecular complexity index is 933. The van der Waals surface area contributed by atoms with Crippen molar-refractivity contribution in [2.24, 2.45) is 5.92 Å². The van der Waals surface area contributed by atoms with Gasteiger partial charge in [0.1, 0.15) is 12.4 Å². The van der Waals surface area contributed by atoms with Crippen molar-refractivity contribution < 1.29 is 14.3 Å². The van der Waals surface area contributed by atoms with Crippen molar-refractivity contribution in [1.29, 1.82) is 0 Å². The number of hydrogen-bond acceptors (Lipinski definition) is 7. The highest BCUT2D eigenvalue weighted by Crippen LogP contribution is 2.27. The van der Waals surface area contributed by atoms with Crippen LogP contribution in [0.25, 0.3) is 0 Å². The number of carbonyl (C=O) groups is 2. The molecule has 31 heavy (non-hydrogen) atoms. The Morgan fingerprint density at radius 3 is 2.81 bits per heavy atom. The van der Waals surface area contributed by atoms with Gasteiger partial charge in [0.25, 0.3) is 7.41 Å². The number of hydrogen-bond donors (Lipinski definition) is 1. The Labute approximate surface area is 183 Å². The molecule has 1 aromatic carbocycles. The number of aryl methyl sites for hydroxylation is 1. The molecule has 2 aliphatic heterocycles. The topological polar surface area (TPSA) is 87.7 Å². The first-order chi connectivity index (χ1) is 15.1. The summed E-state index contributed by atoms with van der Waals surface area (Å²) in [6.45, 7) is 6.73. The van der Waals surface area contributed by atoms with Gasteiger partial charge in [0.2, 0.25) is 5.95 Å². The van der Waals surface area contributed by atoms with Crippen LogP contribution in [-0.2, 0) is 22.6 Å². The van der Waals surface area contributed by atoms with Gasteiger partial charge in [-0.1, -0.05) is 24.3 Å². The second-order valence-corrected chi connectivity index (χ2v) is 8.24. The molecule has 1 atom stereocenters. The summed E-state index contributed by atoms with van der Waals surface area (Å²) in [5.41, 5.74) is 3.29. The summed E-state index contributed by atoms with van der Waals surface area (Å²) in [4.78, 5) is 35.1. The van der Waals surface area contributed by atoms with Crippen LogP contribution < -0.4 is 10.2 Å². The summed E-state index contributed by atoms with van der Waals surface area (Å²) in [5, 5.41) is 3.34. The van der Waals surface area contributed by atoms with Crippen molar-refractivity contribution in [3.63, 3.8) is 0 Å². The highest BCUT2D eigenvalue weighted by Gasteiger charge is 2.27. The number of aromatic nitrogens is 2. The minimum atomic E-state index is -0.373. The summed E-state index contributed by atoms with van der Waals surface area (Å²) in [6.07, 6.45) is 4.53. The van der Waals surface area contributed by atoms with Crippen molar-refractivity contribution in [3.05, 3.63) is 47.2 Å². The first kappa shape index (κ1) is 21.3. The summed E-state index contributed by atoms with van der Waals surface area (Å²) >= 11 is 0. The third-order valence-electron chi connectivity index (χ3n) is 6.02. The molecule has 1 saturated heterocycles. The molecule has 162 valence electrons. The van der Waals surface area contributed by atoms with Gasteiger partial charge in [-0.15, -0.1) is 0 Å². The zero-order valence-electron chi connectivity index (χ0n) is 18.1. The lowest BCUT2D eigenvalue weighted by molar-refractivity contribution is 0.141. The van der Waals surface area contributed by atoms with E-state index in [0.717, 1.165) is 43.2 Å². The average molecular weight is 421 g/mol. The number of carbonyl (C=O) groups excluding carboxylic acids is 2. The Kier molecular flexibility index (Phi) is 6.51. The lowest BCUT2D eigenvalue weighted by Crippen LogP contribution is -2.49. The zero-order chi connectivity index (χ0) is 21.8. The highest BCUT2D eigenvalue weighted by atomic mass is 16.6. The van der Waals surface area contributed by atoms with Crippen LogP contribution >= 0.6 is 0 Å². The minimum absolute atomic E-state index is 0.0289. The molecule has 1 amide bonds. The number of fused-ring (bicyclic) bond motifs is 1. The second-order valence-electron chi connectivity index (χ2n) is 8.24. The number of anilines is 2. The van der Waals surface area contributed by atoms with E-state index in [1.165, 1.54) is 10.5 Å². The van der Waals surface area contributed by atoms with Crippen molar-refractivity contribution >= 4 is 31.5 Å². The van der Waals surface area contributed by atoms with Gasteiger partial charge in [-0.3, -0.25) is 4.90 Å². The fourth-order valence-electron chi connectivity index (χ4n) is 4.12. The third-order valence-corrected chi connectivity index (χ3v) is 6.02. The maximum atomic E-state index is 11.9. The molecular formula is C22H28BN5O3. The lowest BCUT2D eigenvalue weighted by Gasteiger charge is -2.38. The van der Waals surface area contributed by atoms with E-state index in [4.69, 9.17) is 4.74 Å². The average Bonchev–Trinajstić information content (AvgIpc) is 2.75. The zero-order valence-corrected chi connectivity index (χ0v) is 18.1. The summed E-state index contributed by atoms with van der Waals surface area (Å²) < 4.78 is 5.14. The molecule has 1 fully saturated rings. The first-order valence-corrected chi connectivity index (χ1v) is 10.9. The van der Waals surface area contributed by atoms with Gasteiger partial charge in [0, 0.05) is 12.7 Å². The van der Waals surface area contributed by atoms with Gasteiger partial charge in [-0.25, -0.2) is 9.78 Å². The number of nitrogens with zero attached hydrogens (tertiary/aromatic N) is 4. The van der Waals surface area contributed by atoms with Crippen LogP contribution in [-0.4, -0.2) is 54.1 Å². The van der Waals surface area contributed by atoms with Crippen molar-refractivity contribution in [3.8, 4) is 0 Å². The summed E-state index contributed by atoms with van der Waals surface area (Å²) in [6, 6.07) is 8.66. The highest BCUT2D eigenvalue weighted by molar-refractivity contribution is 6.64. The molecule has 0 bridgehead atoms. The van der Waals surface area contributed by atoms with Gasteiger partial charge in [0.05, 0.1) is 17.8 Å². The Balaban J connectivity index is 1.33. The number of benzene rings is 1.